The number of nitrogens with one attached hydrogen (secondary N) is 2. The maximum atomic E-state index is 14.3. The predicted molar refractivity (Wildman–Crippen MR) is 142 cm³/mol. The summed E-state index contributed by atoms with van der Waals surface area (Å²) in [6.07, 6.45) is 0. The summed E-state index contributed by atoms with van der Waals surface area (Å²) < 4.78 is 17.8. The van der Waals surface area contributed by atoms with E-state index in [9.17, 15) is 9.18 Å². The van der Waals surface area contributed by atoms with Crippen LogP contribution in [0.3, 0.4) is 0 Å². The predicted octanol–water partition coefficient (Wildman–Crippen LogP) is 7.03. The van der Waals surface area contributed by atoms with Crippen molar-refractivity contribution in [3.8, 4) is 16.8 Å². The van der Waals surface area contributed by atoms with Crippen molar-refractivity contribution >= 4 is 45.8 Å². The van der Waals surface area contributed by atoms with Gasteiger partial charge in [0.25, 0.3) is 0 Å². The Labute approximate surface area is 216 Å². The topological polar surface area (TPSA) is 62.8 Å². The van der Waals surface area contributed by atoms with Crippen LogP contribution in [0.4, 0.5) is 10.1 Å². The van der Waals surface area contributed by atoms with Crippen LogP contribution in [-0.2, 0) is 11.3 Å². The van der Waals surface area contributed by atoms with Crippen LogP contribution in [0.5, 0.6) is 0 Å². The molecule has 1 amide bonds. The lowest BCUT2D eigenvalue weighted by atomic mass is 10.0. The number of rotatable bonds is 5. The zero-order valence-corrected chi connectivity index (χ0v) is 20.7. The molecule has 0 spiro atoms. The maximum absolute atomic E-state index is 14.3. The van der Waals surface area contributed by atoms with Gasteiger partial charge in [0.2, 0.25) is 11.5 Å². The molecule has 0 saturated heterocycles. The van der Waals surface area contributed by atoms with Gasteiger partial charge in [-0.2, -0.15) is 0 Å². The van der Waals surface area contributed by atoms with E-state index >= 15 is 0 Å². The van der Waals surface area contributed by atoms with Crippen LogP contribution in [-0.4, -0.2) is 15.0 Å². The van der Waals surface area contributed by atoms with Crippen molar-refractivity contribution in [2.45, 2.75) is 13.5 Å². The molecule has 0 atom stereocenters. The summed E-state index contributed by atoms with van der Waals surface area (Å²) in [5, 5.41) is 12.9. The molecule has 5 aromatic rings. The van der Waals surface area contributed by atoms with E-state index in [0.717, 1.165) is 16.7 Å². The number of imidazole rings is 1. The molecule has 5 nitrogen and oxygen atoms in total. The zero-order valence-electron chi connectivity index (χ0n) is 19.2. The number of anilines is 1. The van der Waals surface area contributed by atoms with Crippen molar-refractivity contribution < 1.29 is 9.18 Å². The number of aromatic nitrogens is 2. The lowest BCUT2D eigenvalue weighted by molar-refractivity contribution is -0.114. The Morgan fingerprint density at radius 3 is 2.42 bits per heavy atom. The lowest BCUT2D eigenvalue weighted by Gasteiger charge is -2.12. The number of carbonyl (C=O) groups is 1. The minimum atomic E-state index is -0.387. The summed E-state index contributed by atoms with van der Waals surface area (Å²) in [5.74, 6) is -0.570. The molecule has 0 radical (unpaired) electrons. The third kappa shape index (κ3) is 4.53. The molecule has 0 fully saturated rings. The highest BCUT2D eigenvalue weighted by atomic mass is 35.5. The van der Waals surface area contributed by atoms with Crippen molar-refractivity contribution in [2.75, 3.05) is 5.32 Å². The summed E-state index contributed by atoms with van der Waals surface area (Å²) in [7, 11) is 0. The summed E-state index contributed by atoms with van der Waals surface area (Å²) in [4.78, 5) is 11.7. The van der Waals surface area contributed by atoms with Gasteiger partial charge in [-0.3, -0.25) is 14.8 Å². The van der Waals surface area contributed by atoms with Gasteiger partial charge >= 0.3 is 0 Å². The smallest absolute Gasteiger partial charge is 0.221 e. The van der Waals surface area contributed by atoms with Crippen molar-refractivity contribution in [2.24, 2.45) is 0 Å². The maximum Gasteiger partial charge on any atom is 0.221 e. The van der Waals surface area contributed by atoms with E-state index in [1.165, 1.54) is 19.1 Å². The van der Waals surface area contributed by atoms with Crippen molar-refractivity contribution in [3.05, 3.63) is 112 Å². The van der Waals surface area contributed by atoms with E-state index in [2.05, 4.69) is 5.32 Å². The minimum Gasteiger partial charge on any atom is -0.326 e. The second-order valence-electron chi connectivity index (χ2n) is 8.39. The number of fused-ring (bicyclic) bond motifs is 1. The van der Waals surface area contributed by atoms with Gasteiger partial charge in [0, 0.05) is 40.0 Å². The standard InChI is InChI=1S/C28H21Cl2FN4O/c1-17(36)33-25-12-8-20(29)14-23(25)18-6-10-22(11-7-18)35-27-15-21(31)9-13-26(27)34(28(35)32)16-19-4-2-3-5-24(19)30/h2-15,32H,16H2,1H3,(H,33,36). The summed E-state index contributed by atoms with van der Waals surface area (Å²) >= 11 is 12.6. The van der Waals surface area contributed by atoms with E-state index < -0.39 is 0 Å². The molecule has 5 rings (SSSR count). The van der Waals surface area contributed by atoms with Gasteiger partial charge in [0.05, 0.1) is 17.6 Å². The summed E-state index contributed by atoms with van der Waals surface area (Å²) in [6, 6.07) is 24.7. The highest BCUT2D eigenvalue weighted by Crippen LogP contribution is 2.32. The number of carbonyl (C=O) groups excluding carboxylic acids is 1. The molecule has 2 N–H and O–H groups in total. The number of nitrogens with zero attached hydrogens (tertiary/aromatic N) is 2. The zero-order chi connectivity index (χ0) is 25.4. The minimum absolute atomic E-state index is 0.182. The van der Waals surface area contributed by atoms with Gasteiger partial charge < -0.3 is 9.88 Å². The van der Waals surface area contributed by atoms with Crippen molar-refractivity contribution in [3.63, 3.8) is 0 Å². The van der Waals surface area contributed by atoms with Crippen LogP contribution >= 0.6 is 23.2 Å². The Morgan fingerprint density at radius 2 is 1.69 bits per heavy atom. The van der Waals surface area contributed by atoms with Gasteiger partial charge in [-0.25, -0.2) is 4.39 Å². The molecule has 36 heavy (non-hydrogen) atoms. The van der Waals surface area contributed by atoms with Gasteiger partial charge in [0.15, 0.2) is 0 Å². The third-order valence-electron chi connectivity index (χ3n) is 5.95. The third-order valence-corrected chi connectivity index (χ3v) is 6.56. The first-order valence-corrected chi connectivity index (χ1v) is 11.9. The molecule has 0 aliphatic heterocycles. The quantitative estimate of drug-likeness (QED) is 0.257. The fourth-order valence-electron chi connectivity index (χ4n) is 4.32. The molecular weight excluding hydrogens is 498 g/mol. The van der Waals surface area contributed by atoms with Gasteiger partial charge in [-0.1, -0.05) is 53.5 Å². The van der Waals surface area contributed by atoms with Crippen molar-refractivity contribution in [1.29, 1.82) is 5.41 Å². The van der Waals surface area contributed by atoms with Crippen LogP contribution in [0.1, 0.15) is 12.5 Å². The second kappa shape index (κ2) is 9.64. The molecule has 0 bridgehead atoms. The second-order valence-corrected chi connectivity index (χ2v) is 9.23. The first-order valence-electron chi connectivity index (χ1n) is 11.2. The Morgan fingerprint density at radius 1 is 0.944 bits per heavy atom. The highest BCUT2D eigenvalue weighted by Gasteiger charge is 2.15. The number of hydrogen-bond acceptors (Lipinski definition) is 2. The monoisotopic (exact) mass is 518 g/mol. The number of halogens is 3. The fourth-order valence-corrected chi connectivity index (χ4v) is 4.68. The molecule has 180 valence electrons. The number of hydrogen-bond donors (Lipinski definition) is 2. The van der Waals surface area contributed by atoms with Crippen LogP contribution in [0.25, 0.3) is 27.8 Å². The number of amides is 1. The Bertz CT molecular complexity index is 1670. The van der Waals surface area contributed by atoms with Crippen LogP contribution in [0.15, 0.2) is 84.9 Å². The largest absolute Gasteiger partial charge is 0.326 e. The van der Waals surface area contributed by atoms with E-state index in [1.54, 1.807) is 33.4 Å². The van der Waals surface area contributed by atoms with Crippen molar-refractivity contribution in [1.82, 2.24) is 9.13 Å². The van der Waals surface area contributed by atoms with E-state index in [1.807, 2.05) is 48.5 Å². The first-order chi connectivity index (χ1) is 17.3. The average Bonchev–Trinajstić information content (AvgIpc) is 3.11. The molecular formula is C28H21Cl2FN4O. The molecule has 1 heterocycles. The summed E-state index contributed by atoms with van der Waals surface area (Å²) in [5.41, 5.74) is 5.28. The molecule has 0 unspecified atom stereocenters. The van der Waals surface area contributed by atoms with Crippen LogP contribution < -0.4 is 10.9 Å². The summed E-state index contributed by atoms with van der Waals surface area (Å²) in [6.45, 7) is 1.82. The van der Waals surface area contributed by atoms with Gasteiger partial charge in [-0.05, 0) is 59.7 Å². The van der Waals surface area contributed by atoms with Gasteiger partial charge in [0.1, 0.15) is 5.82 Å². The Hall–Kier alpha value is -3.87. The normalized spacial score (nSPS) is 11.1. The van der Waals surface area contributed by atoms with Crippen LogP contribution in [0.2, 0.25) is 10.0 Å². The number of benzene rings is 4. The fraction of sp³-hybridized carbons (Fsp3) is 0.0714. The van der Waals surface area contributed by atoms with E-state index in [4.69, 9.17) is 28.6 Å². The Balaban J connectivity index is 1.62. The highest BCUT2D eigenvalue weighted by molar-refractivity contribution is 6.31. The Kier molecular flexibility index (Phi) is 6.39. The van der Waals surface area contributed by atoms with E-state index in [-0.39, 0.29) is 17.3 Å². The average molecular weight is 519 g/mol. The first kappa shape index (κ1) is 23.9. The van der Waals surface area contributed by atoms with Gasteiger partial charge in [-0.15, -0.1) is 0 Å². The molecule has 4 aromatic carbocycles. The molecule has 0 saturated carbocycles. The van der Waals surface area contributed by atoms with Crippen LogP contribution in [0, 0.1) is 11.2 Å². The molecule has 0 aliphatic carbocycles. The van der Waals surface area contributed by atoms with E-state index in [0.29, 0.717) is 39.0 Å². The SMILES string of the molecule is CC(=O)Nc1ccc(Cl)cc1-c1ccc(-n2c(=N)n(Cc3ccccc3Cl)c3ccc(F)cc32)cc1. The lowest BCUT2D eigenvalue weighted by Crippen LogP contribution is -2.24. The molecule has 0 aliphatic rings. The molecule has 8 heteroatoms. The molecule has 1 aromatic heterocycles.